The molecule has 0 saturated carbocycles. The molecular formula is C12H18N2. The van der Waals surface area contributed by atoms with Crippen molar-refractivity contribution in [2.24, 2.45) is 0 Å². The molecule has 1 aliphatic rings. The first-order valence-electron chi connectivity index (χ1n) is 5.59. The maximum absolute atomic E-state index is 4.51. The third kappa shape index (κ3) is 1.95. The Balaban J connectivity index is 2.20. The van der Waals surface area contributed by atoms with Crippen LogP contribution in [0.25, 0.3) is 0 Å². The van der Waals surface area contributed by atoms with Crippen molar-refractivity contribution in [2.45, 2.75) is 38.6 Å². The molecule has 1 aromatic heterocycles. The Morgan fingerprint density at radius 1 is 1.50 bits per heavy atom. The topological polar surface area (TPSA) is 24.9 Å². The molecule has 14 heavy (non-hydrogen) atoms. The Bertz CT molecular complexity index is 290. The number of nitrogens with one attached hydrogen (secondary N) is 1. The number of aromatic nitrogens is 1. The van der Waals surface area contributed by atoms with E-state index in [0.717, 1.165) is 13.0 Å². The van der Waals surface area contributed by atoms with E-state index in [1.54, 1.807) is 0 Å². The average Bonchev–Trinajstić information content (AvgIpc) is 2.30. The summed E-state index contributed by atoms with van der Waals surface area (Å²) in [6.07, 6.45) is 6.87. The van der Waals surface area contributed by atoms with Crippen molar-refractivity contribution in [2.75, 3.05) is 6.54 Å². The van der Waals surface area contributed by atoms with E-state index in [2.05, 4.69) is 23.3 Å². The van der Waals surface area contributed by atoms with Gasteiger partial charge in [0.1, 0.15) is 0 Å². The zero-order valence-corrected chi connectivity index (χ0v) is 8.79. The van der Waals surface area contributed by atoms with E-state index in [9.17, 15) is 0 Å². The van der Waals surface area contributed by atoms with Crippen LogP contribution in [0.3, 0.4) is 0 Å². The van der Waals surface area contributed by atoms with Gasteiger partial charge in [-0.15, -0.1) is 0 Å². The van der Waals surface area contributed by atoms with Crippen LogP contribution in [-0.2, 0) is 6.42 Å². The molecular weight excluding hydrogens is 172 g/mol. The summed E-state index contributed by atoms with van der Waals surface area (Å²) in [5.74, 6) is 0. The van der Waals surface area contributed by atoms with Gasteiger partial charge in [-0.3, -0.25) is 4.98 Å². The summed E-state index contributed by atoms with van der Waals surface area (Å²) in [6.45, 7) is 3.34. The molecule has 2 rings (SSSR count). The summed E-state index contributed by atoms with van der Waals surface area (Å²) in [4.78, 5) is 4.51. The van der Waals surface area contributed by atoms with Crippen LogP contribution in [-0.4, -0.2) is 11.5 Å². The van der Waals surface area contributed by atoms with Crippen molar-refractivity contribution in [1.82, 2.24) is 10.3 Å². The van der Waals surface area contributed by atoms with Crippen LogP contribution >= 0.6 is 0 Å². The Morgan fingerprint density at radius 2 is 2.43 bits per heavy atom. The van der Waals surface area contributed by atoms with Gasteiger partial charge in [-0.05, 0) is 37.4 Å². The fraction of sp³-hybridized carbons (Fsp3) is 0.583. The molecule has 0 bridgehead atoms. The molecule has 2 heteroatoms. The average molecular weight is 190 g/mol. The highest BCUT2D eigenvalue weighted by Gasteiger charge is 2.17. The molecule has 76 valence electrons. The minimum absolute atomic E-state index is 0.500. The van der Waals surface area contributed by atoms with Gasteiger partial charge in [-0.2, -0.15) is 0 Å². The van der Waals surface area contributed by atoms with Crippen molar-refractivity contribution < 1.29 is 0 Å². The molecule has 2 heterocycles. The third-order valence-electron chi connectivity index (χ3n) is 2.95. The fourth-order valence-electron chi connectivity index (χ4n) is 2.15. The maximum Gasteiger partial charge on any atom is 0.0604 e. The smallest absolute Gasteiger partial charge is 0.0604 e. The molecule has 1 saturated heterocycles. The second-order valence-corrected chi connectivity index (χ2v) is 3.90. The largest absolute Gasteiger partial charge is 0.309 e. The second-order valence-electron chi connectivity index (χ2n) is 3.90. The summed E-state index contributed by atoms with van der Waals surface area (Å²) in [5.41, 5.74) is 2.67. The minimum Gasteiger partial charge on any atom is -0.309 e. The van der Waals surface area contributed by atoms with Gasteiger partial charge in [-0.25, -0.2) is 0 Å². The molecule has 0 amide bonds. The molecule has 0 radical (unpaired) electrons. The Morgan fingerprint density at radius 3 is 3.14 bits per heavy atom. The zero-order chi connectivity index (χ0) is 9.80. The number of piperidine rings is 1. The number of hydrogen-bond donors (Lipinski definition) is 1. The van der Waals surface area contributed by atoms with Crippen molar-refractivity contribution in [1.29, 1.82) is 0 Å². The van der Waals surface area contributed by atoms with Gasteiger partial charge < -0.3 is 5.32 Å². The first kappa shape index (κ1) is 9.66. The fourth-order valence-corrected chi connectivity index (χ4v) is 2.15. The molecule has 1 aromatic rings. The molecule has 1 fully saturated rings. The molecule has 0 spiro atoms. The van der Waals surface area contributed by atoms with E-state index in [4.69, 9.17) is 0 Å². The normalized spacial score (nSPS) is 22.2. The van der Waals surface area contributed by atoms with E-state index < -0.39 is 0 Å². The minimum atomic E-state index is 0.500. The summed E-state index contributed by atoms with van der Waals surface area (Å²) in [7, 11) is 0. The van der Waals surface area contributed by atoms with Gasteiger partial charge in [0, 0.05) is 12.2 Å². The summed E-state index contributed by atoms with van der Waals surface area (Å²) >= 11 is 0. The third-order valence-corrected chi connectivity index (χ3v) is 2.95. The van der Waals surface area contributed by atoms with Crippen molar-refractivity contribution in [3.8, 4) is 0 Å². The van der Waals surface area contributed by atoms with Crippen molar-refractivity contribution in [3.05, 3.63) is 29.6 Å². The van der Waals surface area contributed by atoms with E-state index in [0.29, 0.717) is 6.04 Å². The maximum atomic E-state index is 4.51. The zero-order valence-electron chi connectivity index (χ0n) is 8.79. The van der Waals surface area contributed by atoms with Crippen LogP contribution in [0.5, 0.6) is 0 Å². The van der Waals surface area contributed by atoms with Crippen LogP contribution < -0.4 is 5.32 Å². The highest BCUT2D eigenvalue weighted by atomic mass is 14.9. The summed E-state index contributed by atoms with van der Waals surface area (Å²) in [5, 5.41) is 3.55. The lowest BCUT2D eigenvalue weighted by Crippen LogP contribution is -2.28. The van der Waals surface area contributed by atoms with E-state index in [1.165, 1.54) is 30.5 Å². The molecule has 0 unspecified atom stereocenters. The number of aryl methyl sites for hydroxylation is 1. The quantitative estimate of drug-likeness (QED) is 0.775. The molecule has 1 N–H and O–H groups in total. The van der Waals surface area contributed by atoms with Crippen molar-refractivity contribution >= 4 is 0 Å². The first-order chi connectivity index (χ1) is 6.92. The molecule has 1 atom stereocenters. The van der Waals surface area contributed by atoms with Crippen molar-refractivity contribution in [3.63, 3.8) is 0 Å². The van der Waals surface area contributed by atoms with Gasteiger partial charge in [-0.1, -0.05) is 19.4 Å². The van der Waals surface area contributed by atoms with Crippen LogP contribution in [0.15, 0.2) is 18.3 Å². The lowest BCUT2D eigenvalue weighted by Gasteiger charge is -2.24. The standard InChI is InChI=1S/C12H18N2/c1-2-10-6-5-9-14-12(10)11-7-3-4-8-13-11/h5-6,9,11,13H,2-4,7-8H2,1H3/t11-/m0/s1. The van der Waals surface area contributed by atoms with E-state index >= 15 is 0 Å². The van der Waals surface area contributed by atoms with Gasteiger partial charge in [0.25, 0.3) is 0 Å². The number of pyridine rings is 1. The Labute approximate surface area is 85.7 Å². The monoisotopic (exact) mass is 190 g/mol. The predicted molar refractivity (Wildman–Crippen MR) is 58.2 cm³/mol. The lowest BCUT2D eigenvalue weighted by molar-refractivity contribution is 0.403. The highest BCUT2D eigenvalue weighted by Crippen LogP contribution is 2.23. The van der Waals surface area contributed by atoms with Gasteiger partial charge in [0.2, 0.25) is 0 Å². The summed E-state index contributed by atoms with van der Waals surface area (Å²) < 4.78 is 0. The Hall–Kier alpha value is -0.890. The van der Waals surface area contributed by atoms with E-state index in [1.807, 2.05) is 12.3 Å². The number of nitrogens with zero attached hydrogens (tertiary/aromatic N) is 1. The van der Waals surface area contributed by atoms with Gasteiger partial charge >= 0.3 is 0 Å². The molecule has 1 aliphatic heterocycles. The summed E-state index contributed by atoms with van der Waals surface area (Å²) in [6, 6.07) is 4.73. The molecule has 0 aromatic carbocycles. The molecule has 0 aliphatic carbocycles. The Kier molecular flexibility index (Phi) is 3.14. The van der Waals surface area contributed by atoms with Crippen LogP contribution in [0.4, 0.5) is 0 Å². The second kappa shape index (κ2) is 4.56. The number of hydrogen-bond acceptors (Lipinski definition) is 2. The van der Waals surface area contributed by atoms with Crippen LogP contribution in [0.1, 0.15) is 43.5 Å². The SMILES string of the molecule is CCc1cccnc1[C@@H]1CCCCN1. The molecule has 2 nitrogen and oxygen atoms in total. The van der Waals surface area contributed by atoms with Gasteiger partial charge in [0.05, 0.1) is 5.69 Å². The highest BCUT2D eigenvalue weighted by molar-refractivity contribution is 5.23. The first-order valence-corrected chi connectivity index (χ1v) is 5.59. The van der Waals surface area contributed by atoms with E-state index in [-0.39, 0.29) is 0 Å². The van der Waals surface area contributed by atoms with Crippen LogP contribution in [0, 0.1) is 0 Å². The lowest BCUT2D eigenvalue weighted by atomic mass is 9.97. The van der Waals surface area contributed by atoms with Crippen LogP contribution in [0.2, 0.25) is 0 Å². The number of rotatable bonds is 2. The van der Waals surface area contributed by atoms with Gasteiger partial charge in [0.15, 0.2) is 0 Å². The predicted octanol–water partition coefficient (Wildman–Crippen LogP) is 2.46.